The molecule has 0 bridgehead atoms. The fourth-order valence-corrected chi connectivity index (χ4v) is 4.31. The number of nitrogens with one attached hydrogen (secondary N) is 1. The fraction of sp³-hybridized carbons (Fsp3) is 0.176. The number of ether oxygens (including phenoxy) is 1. The van der Waals surface area contributed by atoms with Gasteiger partial charge in [0.1, 0.15) is 11.5 Å². The predicted molar refractivity (Wildman–Crippen MR) is 91.5 cm³/mol. The van der Waals surface area contributed by atoms with Gasteiger partial charge in [0.2, 0.25) is 5.37 Å². The molecule has 2 N–H and O–H groups in total. The van der Waals surface area contributed by atoms with Crippen LogP contribution in [0.25, 0.3) is 0 Å². The number of para-hydroxylation sites is 1. The minimum atomic E-state index is -3.84. The standard InChI is InChI=1S/C17H16N2O6S/c20-15(18-22)17-19(10-11-26(17,23)24)16(21)12-6-8-14(9-7-12)25-13-4-2-1-3-5-13/h1-9,17,22H,10-11H2,(H,18,20)/t17-/m0/s1. The zero-order chi connectivity index (χ0) is 18.7. The van der Waals surface area contributed by atoms with Crippen molar-refractivity contribution in [1.82, 2.24) is 10.4 Å². The molecular weight excluding hydrogens is 360 g/mol. The molecule has 0 saturated carbocycles. The van der Waals surface area contributed by atoms with Crippen LogP contribution in [0.15, 0.2) is 54.6 Å². The van der Waals surface area contributed by atoms with Crippen LogP contribution in [0.1, 0.15) is 10.4 Å². The number of carbonyl (C=O) groups excluding carboxylic acids is 2. The van der Waals surface area contributed by atoms with Crippen molar-refractivity contribution < 1.29 is 28.0 Å². The molecule has 0 unspecified atom stereocenters. The van der Waals surface area contributed by atoms with E-state index in [1.54, 1.807) is 24.3 Å². The van der Waals surface area contributed by atoms with Gasteiger partial charge in [0.05, 0.1) is 5.75 Å². The van der Waals surface area contributed by atoms with Gasteiger partial charge < -0.3 is 9.64 Å². The van der Waals surface area contributed by atoms with E-state index in [9.17, 15) is 18.0 Å². The van der Waals surface area contributed by atoms with Gasteiger partial charge in [-0.15, -0.1) is 0 Å². The van der Waals surface area contributed by atoms with Crippen molar-refractivity contribution in [1.29, 1.82) is 0 Å². The summed E-state index contributed by atoms with van der Waals surface area (Å²) in [6.45, 7) is -0.123. The molecule has 2 aromatic rings. The number of benzene rings is 2. The van der Waals surface area contributed by atoms with Crippen LogP contribution >= 0.6 is 0 Å². The van der Waals surface area contributed by atoms with E-state index >= 15 is 0 Å². The molecule has 136 valence electrons. The molecule has 1 heterocycles. The maximum atomic E-state index is 12.6. The van der Waals surface area contributed by atoms with Crippen molar-refractivity contribution >= 4 is 21.7 Å². The van der Waals surface area contributed by atoms with Crippen molar-refractivity contribution in [3.63, 3.8) is 0 Å². The summed E-state index contributed by atoms with van der Waals surface area (Å²) < 4.78 is 29.6. The highest BCUT2D eigenvalue weighted by atomic mass is 32.2. The lowest BCUT2D eigenvalue weighted by Gasteiger charge is -2.21. The SMILES string of the molecule is O=C(NO)[C@H]1N(C(=O)c2ccc(Oc3ccccc3)cc2)CCS1(=O)=O. The first-order valence-electron chi connectivity index (χ1n) is 7.72. The van der Waals surface area contributed by atoms with Crippen LogP contribution < -0.4 is 10.2 Å². The van der Waals surface area contributed by atoms with Gasteiger partial charge in [0.25, 0.3) is 11.8 Å². The average molecular weight is 376 g/mol. The molecule has 0 aromatic heterocycles. The molecule has 2 amide bonds. The molecule has 0 radical (unpaired) electrons. The van der Waals surface area contributed by atoms with Crippen LogP contribution in [-0.2, 0) is 14.6 Å². The van der Waals surface area contributed by atoms with Crippen molar-refractivity contribution in [2.45, 2.75) is 5.37 Å². The summed E-state index contributed by atoms with van der Waals surface area (Å²) in [5.74, 6) is -0.972. The molecule has 1 atom stereocenters. The van der Waals surface area contributed by atoms with Crippen molar-refractivity contribution in [2.75, 3.05) is 12.3 Å². The molecule has 1 fully saturated rings. The summed E-state index contributed by atoms with van der Waals surface area (Å²) in [6.07, 6.45) is 0. The smallest absolute Gasteiger partial charge is 0.281 e. The quantitative estimate of drug-likeness (QED) is 0.612. The first-order chi connectivity index (χ1) is 12.4. The second kappa shape index (κ2) is 7.14. The summed E-state index contributed by atoms with van der Waals surface area (Å²) in [6, 6.07) is 15.2. The minimum absolute atomic E-state index is 0.123. The van der Waals surface area contributed by atoms with Gasteiger partial charge in [-0.1, -0.05) is 18.2 Å². The van der Waals surface area contributed by atoms with Gasteiger partial charge in [0, 0.05) is 12.1 Å². The van der Waals surface area contributed by atoms with Gasteiger partial charge in [-0.25, -0.2) is 13.9 Å². The van der Waals surface area contributed by atoms with Crippen LogP contribution in [-0.4, -0.2) is 48.0 Å². The first kappa shape index (κ1) is 17.9. The third kappa shape index (κ3) is 3.53. The minimum Gasteiger partial charge on any atom is -0.457 e. The topological polar surface area (TPSA) is 113 Å². The van der Waals surface area contributed by atoms with Gasteiger partial charge in [0.15, 0.2) is 9.84 Å². The second-order valence-corrected chi connectivity index (χ2v) is 7.81. The van der Waals surface area contributed by atoms with E-state index in [1.165, 1.54) is 17.6 Å². The molecule has 0 aliphatic carbocycles. The van der Waals surface area contributed by atoms with Crippen LogP contribution in [0.5, 0.6) is 11.5 Å². The van der Waals surface area contributed by atoms with Crippen LogP contribution in [0, 0.1) is 0 Å². The average Bonchev–Trinajstić information content (AvgIpc) is 2.97. The maximum absolute atomic E-state index is 12.6. The van der Waals surface area contributed by atoms with E-state index in [0.717, 1.165) is 4.90 Å². The lowest BCUT2D eigenvalue weighted by molar-refractivity contribution is -0.131. The zero-order valence-corrected chi connectivity index (χ0v) is 14.3. The number of hydrogen-bond acceptors (Lipinski definition) is 6. The summed E-state index contributed by atoms with van der Waals surface area (Å²) in [5, 5.41) is 7.02. The second-order valence-electron chi connectivity index (χ2n) is 5.63. The molecule has 9 heteroatoms. The van der Waals surface area contributed by atoms with E-state index in [0.29, 0.717) is 11.5 Å². The molecule has 2 aromatic carbocycles. The molecule has 1 aliphatic rings. The molecule has 1 aliphatic heterocycles. The van der Waals surface area contributed by atoms with Gasteiger partial charge >= 0.3 is 0 Å². The Balaban J connectivity index is 1.78. The van der Waals surface area contributed by atoms with Gasteiger partial charge in [-0.3, -0.25) is 14.8 Å². The molecule has 0 spiro atoms. The van der Waals surface area contributed by atoms with E-state index in [-0.39, 0.29) is 17.9 Å². The number of hydroxylamine groups is 1. The monoisotopic (exact) mass is 376 g/mol. The van der Waals surface area contributed by atoms with Crippen LogP contribution in [0.4, 0.5) is 0 Å². The molecule has 1 saturated heterocycles. The van der Waals surface area contributed by atoms with Gasteiger partial charge in [-0.2, -0.15) is 0 Å². The van der Waals surface area contributed by atoms with E-state index in [4.69, 9.17) is 9.94 Å². The zero-order valence-electron chi connectivity index (χ0n) is 13.5. The van der Waals surface area contributed by atoms with Gasteiger partial charge in [-0.05, 0) is 36.4 Å². The van der Waals surface area contributed by atoms with Crippen molar-refractivity contribution in [2.24, 2.45) is 0 Å². The number of carbonyl (C=O) groups is 2. The van der Waals surface area contributed by atoms with E-state index in [1.807, 2.05) is 18.2 Å². The Hall–Kier alpha value is -2.91. The van der Waals surface area contributed by atoms with E-state index < -0.39 is 27.0 Å². The Labute approximate surface area is 149 Å². The maximum Gasteiger partial charge on any atom is 0.281 e. The largest absolute Gasteiger partial charge is 0.457 e. The highest BCUT2D eigenvalue weighted by molar-refractivity contribution is 7.93. The number of sulfone groups is 1. The normalized spacial score (nSPS) is 18.3. The molecule has 26 heavy (non-hydrogen) atoms. The Morgan fingerprint density at radius 1 is 1.04 bits per heavy atom. The number of hydrogen-bond donors (Lipinski definition) is 2. The lowest BCUT2D eigenvalue weighted by atomic mass is 10.2. The Morgan fingerprint density at radius 3 is 2.27 bits per heavy atom. The Kier molecular flexibility index (Phi) is 4.92. The number of nitrogens with zero attached hydrogens (tertiary/aromatic N) is 1. The Morgan fingerprint density at radius 2 is 1.65 bits per heavy atom. The first-order valence-corrected chi connectivity index (χ1v) is 9.43. The van der Waals surface area contributed by atoms with Crippen LogP contribution in [0.2, 0.25) is 0 Å². The third-order valence-corrected chi connectivity index (χ3v) is 5.82. The number of amides is 2. The van der Waals surface area contributed by atoms with Crippen molar-refractivity contribution in [3.05, 3.63) is 60.2 Å². The predicted octanol–water partition coefficient (Wildman–Crippen LogP) is 1.18. The summed E-state index contributed by atoms with van der Waals surface area (Å²) in [4.78, 5) is 25.2. The molecule has 3 rings (SSSR count). The highest BCUT2D eigenvalue weighted by Crippen LogP contribution is 2.24. The molecule has 8 nitrogen and oxygen atoms in total. The highest BCUT2D eigenvalue weighted by Gasteiger charge is 2.46. The van der Waals surface area contributed by atoms with E-state index in [2.05, 4.69) is 0 Å². The van der Waals surface area contributed by atoms with Crippen molar-refractivity contribution in [3.8, 4) is 11.5 Å². The fourth-order valence-electron chi connectivity index (χ4n) is 2.67. The summed E-state index contributed by atoms with van der Waals surface area (Å²) in [7, 11) is -3.84. The third-order valence-electron chi connectivity index (χ3n) is 3.92. The van der Waals surface area contributed by atoms with Crippen LogP contribution in [0.3, 0.4) is 0 Å². The molecular formula is C17H16N2O6S. The lowest BCUT2D eigenvalue weighted by Crippen LogP contribution is -2.47. The summed E-state index contributed by atoms with van der Waals surface area (Å²) >= 11 is 0. The number of rotatable bonds is 4. The Bertz CT molecular complexity index is 912. The summed E-state index contributed by atoms with van der Waals surface area (Å²) in [5.41, 5.74) is 1.51.